The number of carbonyl (C=O) groups excluding carboxylic acids is 1. The van der Waals surface area contributed by atoms with Crippen LogP contribution in [0.1, 0.15) is 53.9 Å². The van der Waals surface area contributed by atoms with Gasteiger partial charge in [0.15, 0.2) is 0 Å². The van der Waals surface area contributed by atoms with Crippen LogP contribution in [0.4, 0.5) is 8.78 Å². The van der Waals surface area contributed by atoms with Gasteiger partial charge in [0.2, 0.25) is 6.43 Å². The molecule has 0 aromatic heterocycles. The van der Waals surface area contributed by atoms with Gasteiger partial charge in [0, 0.05) is 11.5 Å². The molecule has 1 aromatic carbocycles. The van der Waals surface area contributed by atoms with E-state index in [-0.39, 0.29) is 5.92 Å². The number of carbonyl (C=O) groups is 1. The predicted molar refractivity (Wildman–Crippen MR) is 67.1 cm³/mol. The van der Waals surface area contributed by atoms with Crippen molar-refractivity contribution in [2.45, 2.75) is 44.4 Å². The Balaban J connectivity index is 2.19. The second kappa shape index (κ2) is 6.07. The third kappa shape index (κ3) is 2.95. The summed E-state index contributed by atoms with van der Waals surface area (Å²) in [6, 6.07) is 6.60. The van der Waals surface area contributed by atoms with Gasteiger partial charge in [0.25, 0.3) is 0 Å². The number of rotatable bonds is 4. The normalized spacial score (nSPS) is 18.8. The van der Waals surface area contributed by atoms with Crippen LogP contribution in [0.15, 0.2) is 24.3 Å². The monoisotopic (exact) mass is 252 g/mol. The first kappa shape index (κ1) is 13.2. The van der Waals surface area contributed by atoms with Crippen molar-refractivity contribution >= 4 is 6.29 Å². The van der Waals surface area contributed by atoms with E-state index in [0.717, 1.165) is 38.4 Å². The summed E-state index contributed by atoms with van der Waals surface area (Å²) in [7, 11) is 0. The lowest BCUT2D eigenvalue weighted by molar-refractivity contribution is 0.0743. The molecule has 3 heteroatoms. The van der Waals surface area contributed by atoms with Crippen LogP contribution in [-0.2, 0) is 0 Å². The topological polar surface area (TPSA) is 17.1 Å². The van der Waals surface area contributed by atoms with Crippen molar-refractivity contribution in [3.8, 4) is 0 Å². The molecule has 0 heterocycles. The van der Waals surface area contributed by atoms with E-state index in [1.807, 2.05) is 0 Å². The van der Waals surface area contributed by atoms with Crippen LogP contribution in [0.25, 0.3) is 0 Å². The quantitative estimate of drug-likeness (QED) is 0.724. The molecule has 1 unspecified atom stereocenters. The molecular formula is C15H18F2O. The van der Waals surface area contributed by atoms with Gasteiger partial charge in [0.1, 0.15) is 6.29 Å². The number of halogens is 2. The fourth-order valence-corrected chi connectivity index (χ4v) is 2.91. The first-order valence-corrected chi connectivity index (χ1v) is 6.55. The second-order valence-electron chi connectivity index (χ2n) is 5.04. The van der Waals surface area contributed by atoms with Crippen LogP contribution < -0.4 is 0 Å². The van der Waals surface area contributed by atoms with Gasteiger partial charge in [-0.05, 0) is 24.3 Å². The number of benzene rings is 1. The van der Waals surface area contributed by atoms with Crippen molar-refractivity contribution in [3.05, 3.63) is 35.4 Å². The van der Waals surface area contributed by atoms with Gasteiger partial charge in [-0.15, -0.1) is 0 Å². The van der Waals surface area contributed by atoms with Gasteiger partial charge in [-0.1, -0.05) is 43.5 Å². The van der Waals surface area contributed by atoms with Gasteiger partial charge < -0.3 is 0 Å². The minimum atomic E-state index is -2.32. The average Bonchev–Trinajstić information content (AvgIpc) is 2.40. The Morgan fingerprint density at radius 3 is 2.17 bits per heavy atom. The Morgan fingerprint density at radius 2 is 1.67 bits per heavy atom. The highest BCUT2D eigenvalue weighted by molar-refractivity contribution is 5.74. The fraction of sp³-hybridized carbons (Fsp3) is 0.533. The van der Waals surface area contributed by atoms with Crippen molar-refractivity contribution in [1.82, 2.24) is 0 Å². The average molecular weight is 252 g/mol. The summed E-state index contributed by atoms with van der Waals surface area (Å²) in [6.45, 7) is 0. The largest absolute Gasteiger partial charge is 0.298 e. The smallest absolute Gasteiger partial charge is 0.245 e. The van der Waals surface area contributed by atoms with Crippen molar-refractivity contribution in [1.29, 1.82) is 0 Å². The Labute approximate surface area is 106 Å². The zero-order valence-corrected chi connectivity index (χ0v) is 10.3. The number of alkyl halides is 2. The number of aldehydes is 1. The van der Waals surface area contributed by atoms with Crippen LogP contribution in [0.5, 0.6) is 0 Å². The first-order chi connectivity index (χ1) is 8.72. The zero-order chi connectivity index (χ0) is 13.0. The maximum absolute atomic E-state index is 13.3. The van der Waals surface area contributed by atoms with Crippen molar-refractivity contribution in [3.63, 3.8) is 0 Å². The second-order valence-corrected chi connectivity index (χ2v) is 5.04. The molecule has 2 rings (SSSR count). The van der Waals surface area contributed by atoms with Gasteiger partial charge in [-0.3, -0.25) is 4.79 Å². The zero-order valence-electron chi connectivity index (χ0n) is 10.3. The van der Waals surface area contributed by atoms with E-state index < -0.39 is 12.3 Å². The maximum Gasteiger partial charge on any atom is 0.245 e. The molecule has 1 aromatic rings. The minimum Gasteiger partial charge on any atom is -0.298 e. The molecule has 1 aliphatic rings. The molecule has 18 heavy (non-hydrogen) atoms. The molecule has 0 spiro atoms. The summed E-state index contributed by atoms with van der Waals surface area (Å²) >= 11 is 0. The predicted octanol–water partition coefficient (Wildman–Crippen LogP) is 4.43. The summed E-state index contributed by atoms with van der Waals surface area (Å²) in [5.74, 6) is -0.591. The van der Waals surface area contributed by atoms with Gasteiger partial charge in [-0.2, -0.15) is 0 Å². The first-order valence-electron chi connectivity index (χ1n) is 6.55. The van der Waals surface area contributed by atoms with Gasteiger partial charge in [-0.25, -0.2) is 8.78 Å². The number of hydrogen-bond acceptors (Lipinski definition) is 1. The summed E-state index contributed by atoms with van der Waals surface area (Å²) in [5.41, 5.74) is 1.21. The lowest BCUT2D eigenvalue weighted by Crippen LogP contribution is -2.22. The van der Waals surface area contributed by atoms with E-state index >= 15 is 0 Å². The van der Waals surface area contributed by atoms with Crippen molar-refractivity contribution in [2.75, 3.05) is 0 Å². The molecule has 0 radical (unpaired) electrons. The molecule has 1 nitrogen and oxygen atoms in total. The minimum absolute atomic E-state index is 0.0841. The van der Waals surface area contributed by atoms with Crippen LogP contribution in [0.2, 0.25) is 0 Å². The molecule has 0 bridgehead atoms. The van der Waals surface area contributed by atoms with E-state index in [0.29, 0.717) is 11.1 Å². The molecule has 1 atom stereocenters. The highest BCUT2D eigenvalue weighted by Crippen LogP contribution is 2.39. The van der Waals surface area contributed by atoms with Crippen LogP contribution in [-0.4, -0.2) is 12.7 Å². The van der Waals surface area contributed by atoms with E-state index in [4.69, 9.17) is 0 Å². The molecule has 1 fully saturated rings. The standard InChI is InChI=1S/C15H18F2O/c16-15(17)14(12-4-2-1-3-5-12)13-8-6-11(10-18)7-9-13/h6-10,12,14-15H,1-5H2. The molecule has 0 saturated heterocycles. The van der Waals surface area contributed by atoms with Gasteiger partial charge in [0.05, 0.1) is 0 Å². The summed E-state index contributed by atoms with van der Waals surface area (Å²) in [6.07, 6.45) is 3.48. The van der Waals surface area contributed by atoms with Crippen molar-refractivity contribution < 1.29 is 13.6 Å². The maximum atomic E-state index is 13.3. The highest BCUT2D eigenvalue weighted by atomic mass is 19.3. The summed E-state index contributed by atoms with van der Waals surface area (Å²) < 4.78 is 26.6. The van der Waals surface area contributed by atoms with E-state index in [1.54, 1.807) is 24.3 Å². The fourth-order valence-electron chi connectivity index (χ4n) is 2.91. The van der Waals surface area contributed by atoms with E-state index in [1.165, 1.54) is 0 Å². The molecule has 98 valence electrons. The third-order valence-electron chi connectivity index (χ3n) is 3.89. The third-order valence-corrected chi connectivity index (χ3v) is 3.89. The van der Waals surface area contributed by atoms with Crippen LogP contribution >= 0.6 is 0 Å². The van der Waals surface area contributed by atoms with Crippen molar-refractivity contribution in [2.24, 2.45) is 5.92 Å². The van der Waals surface area contributed by atoms with Gasteiger partial charge >= 0.3 is 0 Å². The molecule has 0 aliphatic heterocycles. The molecule has 0 N–H and O–H groups in total. The van der Waals surface area contributed by atoms with E-state index in [9.17, 15) is 13.6 Å². The summed E-state index contributed by atoms with van der Waals surface area (Å²) in [4.78, 5) is 10.6. The highest BCUT2D eigenvalue weighted by Gasteiger charge is 2.31. The Kier molecular flexibility index (Phi) is 4.45. The van der Waals surface area contributed by atoms with E-state index in [2.05, 4.69) is 0 Å². The Bertz CT molecular complexity index is 380. The molecule has 1 saturated carbocycles. The SMILES string of the molecule is O=Cc1ccc(C(C(F)F)C2CCCCC2)cc1. The molecule has 0 amide bonds. The Morgan fingerprint density at radius 1 is 1.06 bits per heavy atom. The molecular weight excluding hydrogens is 234 g/mol. The lowest BCUT2D eigenvalue weighted by Gasteiger charge is -2.30. The lowest BCUT2D eigenvalue weighted by atomic mass is 9.77. The van der Waals surface area contributed by atoms with Crippen LogP contribution in [0.3, 0.4) is 0 Å². The summed E-state index contributed by atoms with van der Waals surface area (Å²) in [5, 5.41) is 0. The molecule has 1 aliphatic carbocycles. The number of hydrogen-bond donors (Lipinski definition) is 0. The Hall–Kier alpha value is -1.25. The van der Waals surface area contributed by atoms with Crippen LogP contribution in [0, 0.1) is 5.92 Å².